The molecule has 0 spiro atoms. The number of hydrogen-bond donors (Lipinski definition) is 0. The molecular weight excluding hydrogens is 205 g/mol. The van der Waals surface area contributed by atoms with E-state index >= 15 is 0 Å². The van der Waals surface area contributed by atoms with Crippen molar-refractivity contribution in [2.75, 3.05) is 0 Å². The van der Waals surface area contributed by atoms with Gasteiger partial charge in [-0.1, -0.05) is 0 Å². The van der Waals surface area contributed by atoms with Crippen LogP contribution in [0.1, 0.15) is 5.56 Å². The molecule has 1 aliphatic rings. The van der Waals surface area contributed by atoms with E-state index < -0.39 is 14.6 Å². The summed E-state index contributed by atoms with van der Waals surface area (Å²) in [6.07, 6.45) is 0. The van der Waals surface area contributed by atoms with E-state index in [0.717, 1.165) is 6.61 Å². The van der Waals surface area contributed by atoms with E-state index in [1.807, 2.05) is 10.1 Å². The van der Waals surface area contributed by atoms with Gasteiger partial charge in [-0.2, -0.15) is 0 Å². The number of rotatable bonds is 0. The van der Waals surface area contributed by atoms with E-state index in [-0.39, 0.29) is 0 Å². The summed E-state index contributed by atoms with van der Waals surface area (Å²) in [5.41, 5.74) is 1.37. The van der Waals surface area contributed by atoms with E-state index in [1.54, 1.807) is 0 Å². The first kappa shape index (κ1) is 6.76. The summed E-state index contributed by atoms with van der Waals surface area (Å²) in [6, 6.07) is 8.50. The Balaban J connectivity index is 2.41. The van der Waals surface area contributed by atoms with Crippen molar-refractivity contribution < 1.29 is 3.76 Å². The predicted molar refractivity (Wildman–Crippen MR) is 45.6 cm³/mol. The summed E-state index contributed by atoms with van der Waals surface area (Å²) in [7, 11) is 1.95. The topological polar surface area (TPSA) is 9.23 Å². The van der Waals surface area contributed by atoms with Crippen molar-refractivity contribution in [3.63, 3.8) is 0 Å². The van der Waals surface area contributed by atoms with E-state index in [4.69, 9.17) is 3.76 Å². The molecule has 2 rings (SSSR count). The van der Waals surface area contributed by atoms with Crippen LogP contribution in [0.4, 0.5) is 0 Å². The molecule has 0 unspecified atom stereocenters. The van der Waals surface area contributed by atoms with Gasteiger partial charge in [0.1, 0.15) is 0 Å². The average Bonchev–Trinajstić information content (AvgIpc) is 2.05. The Kier molecular flexibility index (Phi) is 2.02. The van der Waals surface area contributed by atoms with E-state index in [0.29, 0.717) is 0 Å². The van der Waals surface area contributed by atoms with Crippen molar-refractivity contribution in [3.05, 3.63) is 29.8 Å². The van der Waals surface area contributed by atoms with Gasteiger partial charge in [0.05, 0.1) is 0 Å². The Bertz CT molecular complexity index is 214. The molecule has 0 aliphatic carbocycles. The number of benzene rings is 1. The minimum atomic E-state index is -0.664. The molecule has 1 heterocycles. The Morgan fingerprint density at radius 3 is 3.20 bits per heavy atom. The van der Waals surface area contributed by atoms with Crippen molar-refractivity contribution in [1.29, 1.82) is 0 Å². The van der Waals surface area contributed by atoms with Crippen LogP contribution in [0.25, 0.3) is 0 Å². The molecule has 3 heteroatoms. The summed E-state index contributed by atoms with van der Waals surface area (Å²) in [5, 5.41) is 0. The first-order valence-electron chi connectivity index (χ1n) is 3.25. The van der Waals surface area contributed by atoms with Gasteiger partial charge in [-0.05, 0) is 0 Å². The molecule has 0 bridgehead atoms. The Morgan fingerprint density at radius 1 is 1.40 bits per heavy atom. The molecule has 52 valence electrons. The fourth-order valence-electron chi connectivity index (χ4n) is 1.02. The van der Waals surface area contributed by atoms with Crippen LogP contribution >= 0.6 is 10.1 Å². The van der Waals surface area contributed by atoms with Crippen LogP contribution < -0.4 is 0 Å². The van der Waals surface area contributed by atoms with Crippen LogP contribution in [0.15, 0.2) is 29.2 Å². The molecule has 1 nitrogen and oxygen atoms in total. The van der Waals surface area contributed by atoms with Gasteiger partial charge in [0.15, 0.2) is 0 Å². The van der Waals surface area contributed by atoms with Crippen molar-refractivity contribution >= 4 is 24.7 Å². The van der Waals surface area contributed by atoms with Gasteiger partial charge in [-0.25, -0.2) is 0 Å². The summed E-state index contributed by atoms with van der Waals surface area (Å²) < 4.78 is 5.45. The van der Waals surface area contributed by atoms with E-state index in [9.17, 15) is 0 Å². The Morgan fingerprint density at radius 2 is 2.30 bits per heavy atom. The van der Waals surface area contributed by atoms with E-state index in [1.165, 1.54) is 10.5 Å². The first-order valence-corrected chi connectivity index (χ1v) is 9.08. The van der Waals surface area contributed by atoms with Crippen LogP contribution in [-0.2, 0) is 10.4 Å². The van der Waals surface area contributed by atoms with Crippen molar-refractivity contribution in [2.24, 2.45) is 0 Å². The van der Waals surface area contributed by atoms with Gasteiger partial charge in [0.2, 0.25) is 0 Å². The third kappa shape index (κ3) is 1.24. The Labute approximate surface area is 70.0 Å². The second-order valence-corrected chi connectivity index (χ2v) is 7.34. The van der Waals surface area contributed by atoms with E-state index in [2.05, 4.69) is 24.3 Å². The maximum atomic E-state index is 5.45. The summed E-state index contributed by atoms with van der Waals surface area (Å²) in [4.78, 5) is 1.45. The third-order valence-electron chi connectivity index (χ3n) is 1.53. The van der Waals surface area contributed by atoms with Gasteiger partial charge in [0, 0.05) is 0 Å². The SMILES string of the molecule is c1ccc2c(c1)C[O][GeH2][S]2. The quantitative estimate of drug-likeness (QED) is 0.600. The first-order chi connectivity index (χ1) is 4.97. The molecule has 1 aliphatic heterocycles. The van der Waals surface area contributed by atoms with Gasteiger partial charge >= 0.3 is 69.8 Å². The Hall–Kier alpha value is 0.0729. The molecule has 1 aromatic carbocycles. The van der Waals surface area contributed by atoms with Crippen LogP contribution in [0.2, 0.25) is 0 Å². The summed E-state index contributed by atoms with van der Waals surface area (Å²) in [5.74, 6) is 0. The maximum absolute atomic E-state index is 5.45. The van der Waals surface area contributed by atoms with Gasteiger partial charge in [-0.15, -0.1) is 0 Å². The van der Waals surface area contributed by atoms with Gasteiger partial charge < -0.3 is 0 Å². The molecule has 0 N–H and O–H groups in total. The third-order valence-corrected chi connectivity index (χ3v) is 6.70. The molecule has 0 saturated carbocycles. The molecule has 0 aromatic heterocycles. The van der Waals surface area contributed by atoms with Crippen LogP contribution in [0.3, 0.4) is 0 Å². The molecular formula is C7H8GeOS. The zero-order valence-electron chi connectivity index (χ0n) is 5.54. The monoisotopic (exact) mass is 214 g/mol. The molecule has 1 aromatic rings. The number of fused-ring (bicyclic) bond motifs is 1. The van der Waals surface area contributed by atoms with Crippen molar-refractivity contribution in [1.82, 2.24) is 0 Å². The molecule has 10 heavy (non-hydrogen) atoms. The van der Waals surface area contributed by atoms with Crippen molar-refractivity contribution in [3.8, 4) is 0 Å². The zero-order valence-corrected chi connectivity index (χ0v) is 9.32. The van der Waals surface area contributed by atoms with Crippen LogP contribution in [0.5, 0.6) is 0 Å². The average molecular weight is 213 g/mol. The molecule has 0 fully saturated rings. The normalized spacial score (nSPS) is 18.8. The predicted octanol–water partition coefficient (Wildman–Crippen LogP) is 1.31. The molecule has 0 amide bonds. The van der Waals surface area contributed by atoms with Crippen molar-refractivity contribution in [2.45, 2.75) is 11.5 Å². The minimum absolute atomic E-state index is 0.664. The van der Waals surface area contributed by atoms with Gasteiger partial charge in [-0.3, -0.25) is 0 Å². The standard InChI is InChI=1S/C7H8GeOS/c1-2-4-7-6(3-1)5-9-8-10-7/h1-4H,5,8H2. The van der Waals surface area contributed by atoms with Gasteiger partial charge in [0.25, 0.3) is 0 Å². The van der Waals surface area contributed by atoms with Crippen LogP contribution in [0, 0.1) is 0 Å². The second-order valence-electron chi connectivity index (χ2n) is 2.22. The second kappa shape index (κ2) is 2.99. The molecule has 0 radical (unpaired) electrons. The fraction of sp³-hybridized carbons (Fsp3) is 0.143. The summed E-state index contributed by atoms with van der Waals surface area (Å²) >= 11 is -0.664. The summed E-state index contributed by atoms with van der Waals surface area (Å²) in [6.45, 7) is 0.864. The van der Waals surface area contributed by atoms with Crippen LogP contribution in [-0.4, -0.2) is 14.6 Å². The zero-order chi connectivity index (χ0) is 6.81. The molecule has 0 saturated heterocycles. The number of hydrogen-bond acceptors (Lipinski definition) is 2. The molecule has 0 atom stereocenters. The fourth-order valence-corrected chi connectivity index (χ4v) is 5.88.